The Morgan fingerprint density at radius 3 is 2.94 bits per heavy atom. The van der Waals surface area contributed by atoms with Crippen LogP contribution in [0.5, 0.6) is 0 Å². The van der Waals surface area contributed by atoms with Crippen LogP contribution in [0.3, 0.4) is 0 Å². The molecule has 0 bridgehead atoms. The topological polar surface area (TPSA) is 37.8 Å². The first-order valence-corrected chi connectivity index (χ1v) is 7.64. The number of halogens is 1. The van der Waals surface area contributed by atoms with Crippen molar-refractivity contribution in [1.29, 1.82) is 0 Å². The molecule has 1 aliphatic rings. The summed E-state index contributed by atoms with van der Waals surface area (Å²) >= 11 is 9.28. The quantitative estimate of drug-likeness (QED) is 0.915. The highest BCUT2D eigenvalue weighted by atomic mass is 35.5. The van der Waals surface area contributed by atoms with E-state index >= 15 is 0 Å². The molecule has 1 fully saturated rings. The van der Waals surface area contributed by atoms with Crippen LogP contribution in [-0.2, 0) is 13.1 Å². The third-order valence-electron chi connectivity index (χ3n) is 2.61. The van der Waals surface area contributed by atoms with Gasteiger partial charge in [-0.05, 0) is 18.9 Å². The van der Waals surface area contributed by atoms with Crippen LogP contribution in [0.25, 0.3) is 0 Å². The van der Waals surface area contributed by atoms with E-state index in [1.807, 2.05) is 11.4 Å². The fourth-order valence-corrected chi connectivity index (χ4v) is 3.60. The van der Waals surface area contributed by atoms with Crippen molar-refractivity contribution >= 4 is 34.3 Å². The normalized spacial score (nSPS) is 15.4. The lowest BCUT2D eigenvalue weighted by Crippen LogP contribution is -2.11. The van der Waals surface area contributed by atoms with E-state index in [1.54, 1.807) is 22.7 Å². The Morgan fingerprint density at radius 2 is 2.24 bits per heavy atom. The zero-order chi connectivity index (χ0) is 11.7. The molecular weight excluding hydrogens is 274 g/mol. The lowest BCUT2D eigenvalue weighted by Gasteiger charge is -1.98. The van der Waals surface area contributed by atoms with Gasteiger partial charge in [0.05, 0.1) is 11.6 Å². The number of thiophene rings is 1. The van der Waals surface area contributed by atoms with Crippen molar-refractivity contribution in [2.45, 2.75) is 31.8 Å². The fourth-order valence-electron chi connectivity index (χ4n) is 1.57. The van der Waals surface area contributed by atoms with Gasteiger partial charge in [0, 0.05) is 22.7 Å². The summed E-state index contributed by atoms with van der Waals surface area (Å²) in [7, 11) is 0. The van der Waals surface area contributed by atoms with Gasteiger partial charge in [0.15, 0.2) is 0 Å². The van der Waals surface area contributed by atoms with Crippen molar-refractivity contribution in [3.05, 3.63) is 31.4 Å². The Hall–Kier alpha value is -0.490. The maximum atomic E-state index is 5.86. The molecule has 90 valence electrons. The van der Waals surface area contributed by atoms with Gasteiger partial charge in [-0.15, -0.1) is 21.5 Å². The molecule has 0 aromatic carbocycles. The highest BCUT2D eigenvalue weighted by Gasteiger charge is 2.27. The average molecular weight is 286 g/mol. The van der Waals surface area contributed by atoms with Gasteiger partial charge in [-0.3, -0.25) is 0 Å². The van der Waals surface area contributed by atoms with Crippen molar-refractivity contribution in [3.8, 4) is 0 Å². The standard InChI is InChI=1S/C11H12ClN3S2/c12-8-3-9(16-6-8)4-13-5-10-14-15-11(17-10)7-1-2-7/h3,6-7,13H,1-2,4-5H2. The van der Waals surface area contributed by atoms with Gasteiger partial charge in [0.2, 0.25) is 0 Å². The molecule has 0 atom stereocenters. The molecule has 2 aromatic rings. The minimum Gasteiger partial charge on any atom is -0.305 e. The summed E-state index contributed by atoms with van der Waals surface area (Å²) < 4.78 is 0. The van der Waals surface area contributed by atoms with Crippen LogP contribution in [0.4, 0.5) is 0 Å². The van der Waals surface area contributed by atoms with E-state index in [0.717, 1.165) is 23.1 Å². The Labute approximate surface area is 113 Å². The third-order valence-corrected chi connectivity index (χ3v) is 4.98. The molecule has 2 heterocycles. The van der Waals surface area contributed by atoms with Crippen LogP contribution in [0.15, 0.2) is 11.4 Å². The number of hydrogen-bond acceptors (Lipinski definition) is 5. The number of rotatable bonds is 5. The van der Waals surface area contributed by atoms with Gasteiger partial charge in [-0.1, -0.05) is 22.9 Å². The Bertz CT molecular complexity index is 504. The number of hydrogen-bond donors (Lipinski definition) is 1. The predicted molar refractivity (Wildman–Crippen MR) is 71.8 cm³/mol. The predicted octanol–water partition coefficient (Wildman–Crippen LogP) is 3.42. The van der Waals surface area contributed by atoms with Crippen LogP contribution in [0.1, 0.15) is 33.7 Å². The molecule has 3 rings (SSSR count). The molecular formula is C11H12ClN3S2. The van der Waals surface area contributed by atoms with Gasteiger partial charge in [0.25, 0.3) is 0 Å². The molecule has 0 amide bonds. The zero-order valence-electron chi connectivity index (χ0n) is 9.15. The first-order chi connectivity index (χ1) is 8.31. The van der Waals surface area contributed by atoms with Crippen molar-refractivity contribution in [2.75, 3.05) is 0 Å². The molecule has 2 aromatic heterocycles. The summed E-state index contributed by atoms with van der Waals surface area (Å²) in [6.45, 7) is 1.63. The second-order valence-electron chi connectivity index (χ2n) is 4.14. The van der Waals surface area contributed by atoms with Crippen molar-refractivity contribution in [1.82, 2.24) is 15.5 Å². The average Bonchev–Trinajstić information content (AvgIpc) is 2.93. The fraction of sp³-hybridized carbons (Fsp3) is 0.455. The van der Waals surface area contributed by atoms with Crippen LogP contribution in [-0.4, -0.2) is 10.2 Å². The Kier molecular flexibility index (Phi) is 3.42. The number of nitrogens with one attached hydrogen (secondary N) is 1. The summed E-state index contributed by atoms with van der Waals surface area (Å²) in [5, 5.41) is 16.8. The first-order valence-electron chi connectivity index (χ1n) is 5.57. The molecule has 6 heteroatoms. The molecule has 1 N–H and O–H groups in total. The number of nitrogens with zero attached hydrogens (tertiary/aromatic N) is 2. The summed E-state index contributed by atoms with van der Waals surface area (Å²) in [5.74, 6) is 0.706. The first kappa shape index (κ1) is 11.6. The zero-order valence-corrected chi connectivity index (χ0v) is 11.5. The van der Waals surface area contributed by atoms with Crippen LogP contribution < -0.4 is 5.32 Å². The molecule has 0 spiro atoms. The smallest absolute Gasteiger partial charge is 0.131 e. The van der Waals surface area contributed by atoms with Crippen molar-refractivity contribution < 1.29 is 0 Å². The minimum atomic E-state index is 0.706. The SMILES string of the molecule is Clc1csc(CNCc2nnc(C3CC3)s2)c1. The van der Waals surface area contributed by atoms with E-state index in [0.29, 0.717) is 5.92 Å². The highest BCUT2D eigenvalue weighted by molar-refractivity contribution is 7.11. The largest absolute Gasteiger partial charge is 0.305 e. The van der Waals surface area contributed by atoms with Gasteiger partial charge < -0.3 is 5.32 Å². The van der Waals surface area contributed by atoms with Crippen LogP contribution in [0, 0.1) is 0 Å². The van der Waals surface area contributed by atoms with E-state index < -0.39 is 0 Å². The van der Waals surface area contributed by atoms with Crippen molar-refractivity contribution in [3.63, 3.8) is 0 Å². The molecule has 0 aliphatic heterocycles. The molecule has 0 radical (unpaired) electrons. The lowest BCUT2D eigenvalue weighted by molar-refractivity contribution is 0.690. The maximum Gasteiger partial charge on any atom is 0.131 e. The molecule has 3 nitrogen and oxygen atoms in total. The minimum absolute atomic E-state index is 0.706. The van der Waals surface area contributed by atoms with Crippen molar-refractivity contribution in [2.24, 2.45) is 0 Å². The van der Waals surface area contributed by atoms with Gasteiger partial charge in [0.1, 0.15) is 10.0 Å². The van der Waals surface area contributed by atoms with Gasteiger partial charge in [-0.2, -0.15) is 0 Å². The van der Waals surface area contributed by atoms with Gasteiger partial charge in [-0.25, -0.2) is 0 Å². The highest BCUT2D eigenvalue weighted by Crippen LogP contribution is 2.41. The van der Waals surface area contributed by atoms with Gasteiger partial charge >= 0.3 is 0 Å². The summed E-state index contributed by atoms with van der Waals surface area (Å²) in [6, 6.07) is 1.99. The molecule has 0 unspecified atom stereocenters. The van der Waals surface area contributed by atoms with Crippen LogP contribution in [0.2, 0.25) is 5.02 Å². The lowest BCUT2D eigenvalue weighted by atomic mass is 10.4. The second-order valence-corrected chi connectivity index (χ2v) is 6.67. The summed E-state index contributed by atoms with van der Waals surface area (Å²) in [6.07, 6.45) is 2.57. The third kappa shape index (κ3) is 3.04. The monoisotopic (exact) mass is 285 g/mol. The summed E-state index contributed by atoms with van der Waals surface area (Å²) in [4.78, 5) is 1.25. The number of aromatic nitrogens is 2. The molecule has 1 aliphatic carbocycles. The molecule has 1 saturated carbocycles. The Balaban J connectivity index is 1.49. The van der Waals surface area contributed by atoms with E-state index in [4.69, 9.17) is 11.6 Å². The second kappa shape index (κ2) is 5.02. The van der Waals surface area contributed by atoms with E-state index in [-0.39, 0.29) is 0 Å². The van der Waals surface area contributed by atoms with E-state index in [1.165, 1.54) is 22.7 Å². The summed E-state index contributed by atoms with van der Waals surface area (Å²) in [5.41, 5.74) is 0. The van der Waals surface area contributed by atoms with E-state index in [9.17, 15) is 0 Å². The van der Waals surface area contributed by atoms with E-state index in [2.05, 4.69) is 15.5 Å². The van der Waals surface area contributed by atoms with Crippen LogP contribution >= 0.6 is 34.3 Å². The Morgan fingerprint density at radius 1 is 1.35 bits per heavy atom. The molecule has 0 saturated heterocycles. The maximum absolute atomic E-state index is 5.86. The molecule has 17 heavy (non-hydrogen) atoms.